The molecular formula is C21H22BN3. The molecule has 3 aromatic rings. The Balaban J connectivity index is 1.79. The summed E-state index contributed by atoms with van der Waals surface area (Å²) in [5, 5.41) is 9.06. The van der Waals surface area contributed by atoms with Crippen LogP contribution in [-0.4, -0.2) is 16.8 Å². The minimum absolute atomic E-state index is 0.00741. The molecule has 3 rings (SSSR count). The van der Waals surface area contributed by atoms with Gasteiger partial charge in [-0.05, 0) is 18.1 Å². The summed E-state index contributed by atoms with van der Waals surface area (Å²) in [6.45, 7) is 2.65. The molecule has 0 aliphatic heterocycles. The number of benzene rings is 2. The Morgan fingerprint density at radius 1 is 1.04 bits per heavy atom. The number of hydrogen-bond donors (Lipinski definition) is 0. The summed E-state index contributed by atoms with van der Waals surface area (Å²) < 4.78 is 2.11. The van der Waals surface area contributed by atoms with Crippen LogP contribution in [0.3, 0.4) is 0 Å². The van der Waals surface area contributed by atoms with Gasteiger partial charge in [0.1, 0.15) is 0 Å². The van der Waals surface area contributed by atoms with Gasteiger partial charge in [-0.1, -0.05) is 67.0 Å². The smallest absolute Gasteiger partial charge is 0.205 e. The van der Waals surface area contributed by atoms with Crippen LogP contribution in [0.4, 0.5) is 0 Å². The Bertz CT molecular complexity index is 782. The molecule has 1 unspecified atom stereocenters. The first-order chi connectivity index (χ1) is 12.3. The molecular weight excluding hydrogens is 305 g/mol. The van der Waals surface area contributed by atoms with Crippen molar-refractivity contribution >= 4 is 13.0 Å². The van der Waals surface area contributed by atoms with Crippen molar-refractivity contribution in [3.05, 3.63) is 84.2 Å². The number of aromatic nitrogens is 2. The largest absolute Gasteiger partial charge is 0.342 e. The van der Waals surface area contributed by atoms with E-state index in [1.165, 1.54) is 11.1 Å². The average Bonchev–Trinajstić information content (AvgIpc) is 3.10. The SMILES string of the molecule is CC(C#N)Cn1ccnc1BCC(c1ccccc1)c1ccccc1. The number of nitriles is 1. The van der Waals surface area contributed by atoms with Crippen molar-refractivity contribution in [2.24, 2.45) is 5.92 Å². The molecule has 0 spiro atoms. The third-order valence-electron chi connectivity index (χ3n) is 4.55. The van der Waals surface area contributed by atoms with Gasteiger partial charge in [-0.15, -0.1) is 0 Å². The van der Waals surface area contributed by atoms with Crippen LogP contribution in [0.15, 0.2) is 73.1 Å². The highest BCUT2D eigenvalue weighted by Crippen LogP contribution is 2.27. The third kappa shape index (κ3) is 4.39. The molecule has 3 nitrogen and oxygen atoms in total. The molecule has 25 heavy (non-hydrogen) atoms. The summed E-state index contributed by atoms with van der Waals surface area (Å²) in [5.41, 5.74) is 3.72. The molecule has 124 valence electrons. The molecule has 0 saturated heterocycles. The maximum atomic E-state index is 9.06. The quantitative estimate of drug-likeness (QED) is 0.625. The monoisotopic (exact) mass is 327 g/mol. The lowest BCUT2D eigenvalue weighted by Crippen LogP contribution is -2.29. The van der Waals surface area contributed by atoms with E-state index in [9.17, 15) is 0 Å². The summed E-state index contributed by atoms with van der Waals surface area (Å²) in [4.78, 5) is 4.52. The fraction of sp³-hybridized carbons (Fsp3) is 0.238. The fourth-order valence-electron chi connectivity index (χ4n) is 3.24. The molecule has 0 amide bonds. The molecule has 2 aromatic carbocycles. The first kappa shape index (κ1) is 17.0. The highest BCUT2D eigenvalue weighted by atomic mass is 15.0. The van der Waals surface area contributed by atoms with E-state index in [2.05, 4.69) is 76.3 Å². The lowest BCUT2D eigenvalue weighted by atomic mass is 9.65. The molecule has 0 fully saturated rings. The van der Waals surface area contributed by atoms with Crippen molar-refractivity contribution < 1.29 is 0 Å². The molecule has 0 radical (unpaired) electrons. The van der Waals surface area contributed by atoms with Gasteiger partial charge in [-0.3, -0.25) is 4.98 Å². The highest BCUT2D eigenvalue weighted by molar-refractivity contribution is 6.51. The lowest BCUT2D eigenvalue weighted by Gasteiger charge is -2.18. The molecule has 0 bridgehead atoms. The van der Waals surface area contributed by atoms with Crippen molar-refractivity contribution in [2.75, 3.05) is 0 Å². The average molecular weight is 327 g/mol. The summed E-state index contributed by atoms with van der Waals surface area (Å²) in [6.07, 6.45) is 4.80. The topological polar surface area (TPSA) is 41.6 Å². The second-order valence-corrected chi connectivity index (χ2v) is 6.44. The van der Waals surface area contributed by atoms with Crippen molar-refractivity contribution in [1.82, 2.24) is 9.55 Å². The van der Waals surface area contributed by atoms with Crippen LogP contribution in [0.5, 0.6) is 0 Å². The van der Waals surface area contributed by atoms with Gasteiger partial charge in [-0.25, -0.2) is 0 Å². The first-order valence-electron chi connectivity index (χ1n) is 8.77. The maximum Gasteiger partial charge on any atom is 0.205 e. The Morgan fingerprint density at radius 2 is 1.64 bits per heavy atom. The molecule has 0 saturated carbocycles. The van der Waals surface area contributed by atoms with Crippen LogP contribution in [0, 0.1) is 17.2 Å². The summed E-state index contributed by atoms with van der Waals surface area (Å²) in [6, 6.07) is 23.6. The van der Waals surface area contributed by atoms with Crippen LogP contribution in [0.2, 0.25) is 6.32 Å². The van der Waals surface area contributed by atoms with E-state index in [1.807, 2.05) is 19.3 Å². The number of rotatable bonds is 7. The second kappa shape index (κ2) is 8.35. The van der Waals surface area contributed by atoms with E-state index in [1.54, 1.807) is 0 Å². The number of imidazole rings is 1. The van der Waals surface area contributed by atoms with E-state index in [-0.39, 0.29) is 5.92 Å². The summed E-state index contributed by atoms with van der Waals surface area (Å²) in [5.74, 6) is 0.341. The normalized spacial score (nSPS) is 11.9. The first-order valence-corrected chi connectivity index (χ1v) is 8.77. The van der Waals surface area contributed by atoms with Crippen LogP contribution >= 0.6 is 0 Å². The minimum atomic E-state index is -0.00741. The summed E-state index contributed by atoms with van der Waals surface area (Å²) >= 11 is 0. The van der Waals surface area contributed by atoms with Gasteiger partial charge in [0.2, 0.25) is 7.28 Å². The van der Waals surface area contributed by atoms with E-state index in [0.29, 0.717) is 12.5 Å². The standard InChI is InChI=1S/C21H22BN3/c1-17(15-23)16-25-13-12-24-21(25)22-14-20(18-8-4-2-5-9-18)19-10-6-3-7-11-19/h2-13,17,20,22H,14,16H2,1H3. The van der Waals surface area contributed by atoms with Gasteiger partial charge in [0.05, 0.1) is 17.7 Å². The number of nitrogens with zero attached hydrogens (tertiary/aromatic N) is 3. The Kier molecular flexibility index (Phi) is 5.69. The molecule has 0 aliphatic rings. The van der Waals surface area contributed by atoms with E-state index in [0.717, 1.165) is 19.3 Å². The number of hydrogen-bond acceptors (Lipinski definition) is 2. The fourth-order valence-corrected chi connectivity index (χ4v) is 3.24. The van der Waals surface area contributed by atoms with Crippen LogP contribution in [0.25, 0.3) is 0 Å². The Labute approximate surface area is 150 Å². The van der Waals surface area contributed by atoms with Gasteiger partial charge in [-0.2, -0.15) is 5.26 Å². The van der Waals surface area contributed by atoms with Gasteiger partial charge >= 0.3 is 0 Å². The zero-order valence-electron chi connectivity index (χ0n) is 14.5. The second-order valence-electron chi connectivity index (χ2n) is 6.44. The molecule has 1 atom stereocenters. The van der Waals surface area contributed by atoms with Crippen LogP contribution in [-0.2, 0) is 6.54 Å². The molecule has 0 aliphatic carbocycles. The van der Waals surface area contributed by atoms with Crippen molar-refractivity contribution in [1.29, 1.82) is 5.26 Å². The highest BCUT2D eigenvalue weighted by Gasteiger charge is 2.17. The lowest BCUT2D eigenvalue weighted by molar-refractivity contribution is 0.590. The van der Waals surface area contributed by atoms with Crippen molar-refractivity contribution in [3.8, 4) is 6.07 Å². The van der Waals surface area contributed by atoms with Crippen LogP contribution in [0.1, 0.15) is 24.0 Å². The Hall–Kier alpha value is -2.80. The van der Waals surface area contributed by atoms with Crippen LogP contribution < -0.4 is 5.72 Å². The van der Waals surface area contributed by atoms with E-state index < -0.39 is 0 Å². The van der Waals surface area contributed by atoms with Crippen molar-refractivity contribution in [3.63, 3.8) is 0 Å². The summed E-state index contributed by atoms with van der Waals surface area (Å²) in [7, 11) is 0.888. The minimum Gasteiger partial charge on any atom is -0.342 e. The van der Waals surface area contributed by atoms with Crippen molar-refractivity contribution in [2.45, 2.75) is 25.7 Å². The molecule has 0 N–H and O–H groups in total. The van der Waals surface area contributed by atoms with Gasteiger partial charge in [0.15, 0.2) is 0 Å². The van der Waals surface area contributed by atoms with E-state index in [4.69, 9.17) is 5.26 Å². The zero-order chi connectivity index (χ0) is 17.5. The predicted octanol–water partition coefficient (Wildman–Crippen LogP) is 3.35. The maximum absolute atomic E-state index is 9.06. The predicted molar refractivity (Wildman–Crippen MR) is 103 cm³/mol. The van der Waals surface area contributed by atoms with Gasteiger partial charge in [0, 0.05) is 24.9 Å². The molecule has 1 aromatic heterocycles. The van der Waals surface area contributed by atoms with Gasteiger partial charge < -0.3 is 4.57 Å². The Morgan fingerprint density at radius 3 is 2.20 bits per heavy atom. The van der Waals surface area contributed by atoms with Gasteiger partial charge in [0.25, 0.3) is 0 Å². The van der Waals surface area contributed by atoms with E-state index >= 15 is 0 Å². The zero-order valence-corrected chi connectivity index (χ0v) is 14.5. The molecule has 4 heteroatoms. The molecule has 1 heterocycles. The third-order valence-corrected chi connectivity index (χ3v) is 4.55.